The van der Waals surface area contributed by atoms with Crippen LogP contribution in [-0.2, 0) is 9.53 Å². The second-order valence-electron chi connectivity index (χ2n) is 4.83. The van der Waals surface area contributed by atoms with E-state index >= 15 is 0 Å². The van der Waals surface area contributed by atoms with Gasteiger partial charge < -0.3 is 15.2 Å². The highest BCUT2D eigenvalue weighted by Gasteiger charge is 2.13. The van der Waals surface area contributed by atoms with Crippen LogP contribution < -0.4 is 5.32 Å². The predicted molar refractivity (Wildman–Crippen MR) is 81.4 cm³/mol. The molecule has 0 aliphatic rings. The molecule has 5 heteroatoms. The highest BCUT2D eigenvalue weighted by atomic mass is 16.5. The van der Waals surface area contributed by atoms with Gasteiger partial charge in [0.1, 0.15) is 5.75 Å². The van der Waals surface area contributed by atoms with E-state index < -0.39 is 5.97 Å². The quantitative estimate of drug-likeness (QED) is 0.831. The van der Waals surface area contributed by atoms with Crippen molar-refractivity contribution in [1.82, 2.24) is 5.32 Å². The molecule has 2 aromatic rings. The van der Waals surface area contributed by atoms with E-state index in [0.717, 1.165) is 5.56 Å². The fourth-order valence-corrected chi connectivity index (χ4v) is 1.96. The van der Waals surface area contributed by atoms with Gasteiger partial charge in [-0.25, -0.2) is 4.79 Å². The van der Waals surface area contributed by atoms with Crippen LogP contribution in [0.1, 0.15) is 28.9 Å². The van der Waals surface area contributed by atoms with Crippen LogP contribution in [0.4, 0.5) is 0 Å². The number of phenolic OH excluding ortho intramolecular Hbond substituents is 1. The first-order chi connectivity index (χ1) is 10.6. The summed E-state index contributed by atoms with van der Waals surface area (Å²) in [4.78, 5) is 23.5. The number of hydrogen-bond acceptors (Lipinski definition) is 4. The first kappa shape index (κ1) is 15.6. The van der Waals surface area contributed by atoms with E-state index in [-0.39, 0.29) is 29.9 Å². The molecule has 0 heterocycles. The zero-order valence-corrected chi connectivity index (χ0v) is 12.2. The summed E-state index contributed by atoms with van der Waals surface area (Å²) in [5.74, 6) is -1.07. The molecule has 0 saturated carbocycles. The second kappa shape index (κ2) is 7.26. The number of amides is 1. The van der Waals surface area contributed by atoms with Gasteiger partial charge in [-0.05, 0) is 30.7 Å². The van der Waals surface area contributed by atoms with Crippen molar-refractivity contribution in [3.63, 3.8) is 0 Å². The van der Waals surface area contributed by atoms with E-state index in [1.54, 1.807) is 0 Å². The van der Waals surface area contributed by atoms with Gasteiger partial charge in [-0.2, -0.15) is 0 Å². The molecule has 22 heavy (non-hydrogen) atoms. The monoisotopic (exact) mass is 299 g/mol. The molecule has 0 radical (unpaired) electrons. The Balaban J connectivity index is 1.84. The lowest BCUT2D eigenvalue weighted by Crippen LogP contribution is -2.31. The van der Waals surface area contributed by atoms with Crippen molar-refractivity contribution in [1.29, 1.82) is 0 Å². The van der Waals surface area contributed by atoms with Crippen molar-refractivity contribution >= 4 is 11.9 Å². The van der Waals surface area contributed by atoms with Crippen molar-refractivity contribution < 1.29 is 19.4 Å². The minimum Gasteiger partial charge on any atom is -0.508 e. The van der Waals surface area contributed by atoms with Crippen LogP contribution in [-0.4, -0.2) is 23.6 Å². The maximum atomic E-state index is 11.8. The predicted octanol–water partition coefficient (Wildman–Crippen LogP) is 2.43. The van der Waals surface area contributed by atoms with Crippen molar-refractivity contribution in [2.24, 2.45) is 0 Å². The van der Waals surface area contributed by atoms with E-state index in [1.165, 1.54) is 24.3 Å². The highest BCUT2D eigenvalue weighted by molar-refractivity contribution is 5.91. The Bertz CT molecular complexity index is 655. The lowest BCUT2D eigenvalue weighted by Gasteiger charge is -2.14. The maximum absolute atomic E-state index is 11.8. The van der Waals surface area contributed by atoms with Crippen LogP contribution in [0.2, 0.25) is 0 Å². The summed E-state index contributed by atoms with van der Waals surface area (Å²) in [5, 5.41) is 12.0. The summed E-state index contributed by atoms with van der Waals surface area (Å²) in [6.07, 6.45) is 0. The smallest absolute Gasteiger partial charge is 0.338 e. The van der Waals surface area contributed by atoms with E-state index in [0.29, 0.717) is 0 Å². The maximum Gasteiger partial charge on any atom is 0.338 e. The van der Waals surface area contributed by atoms with Gasteiger partial charge in [-0.1, -0.05) is 36.4 Å². The fraction of sp³-hybridized carbons (Fsp3) is 0.176. The topological polar surface area (TPSA) is 75.6 Å². The fourth-order valence-electron chi connectivity index (χ4n) is 1.96. The lowest BCUT2D eigenvalue weighted by molar-refractivity contribution is -0.124. The van der Waals surface area contributed by atoms with Gasteiger partial charge in [0.2, 0.25) is 0 Å². The number of rotatable bonds is 5. The van der Waals surface area contributed by atoms with Gasteiger partial charge in [0.25, 0.3) is 5.91 Å². The number of esters is 1. The number of carbonyl (C=O) groups is 2. The molecule has 0 bridgehead atoms. The van der Waals surface area contributed by atoms with Gasteiger partial charge in [-0.3, -0.25) is 4.79 Å². The molecular weight excluding hydrogens is 282 g/mol. The molecule has 114 valence electrons. The number of ether oxygens (including phenoxy) is 1. The number of nitrogens with one attached hydrogen (secondary N) is 1. The van der Waals surface area contributed by atoms with E-state index in [9.17, 15) is 14.7 Å². The molecule has 0 aliphatic heterocycles. The van der Waals surface area contributed by atoms with Crippen LogP contribution in [0.15, 0.2) is 54.6 Å². The van der Waals surface area contributed by atoms with E-state index in [2.05, 4.69) is 5.32 Å². The third-order valence-electron chi connectivity index (χ3n) is 3.09. The summed E-state index contributed by atoms with van der Waals surface area (Å²) >= 11 is 0. The van der Waals surface area contributed by atoms with Gasteiger partial charge in [0.15, 0.2) is 6.61 Å². The third kappa shape index (κ3) is 4.34. The van der Waals surface area contributed by atoms with E-state index in [1.807, 2.05) is 37.3 Å². The zero-order chi connectivity index (χ0) is 15.9. The molecule has 2 N–H and O–H groups in total. The Kier molecular flexibility index (Phi) is 5.14. The number of benzene rings is 2. The normalized spacial score (nSPS) is 11.5. The van der Waals surface area contributed by atoms with Crippen LogP contribution >= 0.6 is 0 Å². The summed E-state index contributed by atoms with van der Waals surface area (Å²) in [6, 6.07) is 15.1. The lowest BCUT2D eigenvalue weighted by atomic mass is 10.1. The van der Waals surface area contributed by atoms with Crippen molar-refractivity contribution in [3.05, 3.63) is 65.7 Å². The van der Waals surface area contributed by atoms with Gasteiger partial charge in [0.05, 0.1) is 11.6 Å². The number of carbonyl (C=O) groups excluding carboxylic acids is 2. The van der Waals surface area contributed by atoms with Crippen LogP contribution in [0.3, 0.4) is 0 Å². The SMILES string of the molecule is C[C@@H](NC(=O)COC(=O)c1cccc(O)c1)c1ccccc1. The van der Waals surface area contributed by atoms with Crippen LogP contribution in [0.25, 0.3) is 0 Å². The molecule has 1 amide bonds. The first-order valence-corrected chi connectivity index (χ1v) is 6.86. The zero-order valence-electron chi connectivity index (χ0n) is 12.2. The van der Waals surface area contributed by atoms with Crippen molar-refractivity contribution in [2.45, 2.75) is 13.0 Å². The Morgan fingerprint density at radius 3 is 2.55 bits per heavy atom. The largest absolute Gasteiger partial charge is 0.508 e. The Morgan fingerprint density at radius 1 is 1.14 bits per heavy atom. The Morgan fingerprint density at radius 2 is 1.86 bits per heavy atom. The van der Waals surface area contributed by atoms with Crippen molar-refractivity contribution in [2.75, 3.05) is 6.61 Å². The first-order valence-electron chi connectivity index (χ1n) is 6.86. The molecule has 0 unspecified atom stereocenters. The van der Waals surface area contributed by atoms with Crippen LogP contribution in [0, 0.1) is 0 Å². The molecule has 0 spiro atoms. The number of aromatic hydroxyl groups is 1. The third-order valence-corrected chi connectivity index (χ3v) is 3.09. The molecule has 0 aromatic heterocycles. The average molecular weight is 299 g/mol. The Labute approximate surface area is 128 Å². The molecule has 2 aromatic carbocycles. The summed E-state index contributed by atoms with van der Waals surface area (Å²) in [7, 11) is 0. The van der Waals surface area contributed by atoms with Crippen molar-refractivity contribution in [3.8, 4) is 5.75 Å². The molecule has 0 fully saturated rings. The van der Waals surface area contributed by atoms with Gasteiger partial charge in [0, 0.05) is 0 Å². The Hall–Kier alpha value is -2.82. The molecule has 0 aliphatic carbocycles. The molecule has 2 rings (SSSR count). The van der Waals surface area contributed by atoms with Crippen LogP contribution in [0.5, 0.6) is 5.75 Å². The number of phenols is 1. The van der Waals surface area contributed by atoms with Gasteiger partial charge >= 0.3 is 5.97 Å². The minimum absolute atomic E-state index is 0.0309. The van der Waals surface area contributed by atoms with Gasteiger partial charge in [-0.15, -0.1) is 0 Å². The highest BCUT2D eigenvalue weighted by Crippen LogP contribution is 2.12. The molecule has 0 saturated heterocycles. The summed E-state index contributed by atoms with van der Waals surface area (Å²) < 4.78 is 4.92. The average Bonchev–Trinajstić information content (AvgIpc) is 2.53. The summed E-state index contributed by atoms with van der Waals surface area (Å²) in [6.45, 7) is 1.48. The molecule has 5 nitrogen and oxygen atoms in total. The molecule has 1 atom stereocenters. The standard InChI is InChI=1S/C17H17NO4/c1-12(13-6-3-2-4-7-13)18-16(20)11-22-17(21)14-8-5-9-15(19)10-14/h2-10,12,19H,11H2,1H3,(H,18,20)/t12-/m1/s1. The summed E-state index contributed by atoms with van der Waals surface area (Å²) in [5.41, 5.74) is 1.17. The van der Waals surface area contributed by atoms with E-state index in [4.69, 9.17) is 4.74 Å². The number of hydrogen-bond donors (Lipinski definition) is 2. The minimum atomic E-state index is -0.654. The molecular formula is C17H17NO4. The second-order valence-corrected chi connectivity index (χ2v) is 4.83.